The minimum atomic E-state index is -0.947. The zero-order chi connectivity index (χ0) is 18.2. The summed E-state index contributed by atoms with van der Waals surface area (Å²) >= 11 is 0. The van der Waals surface area contributed by atoms with Crippen molar-refractivity contribution in [3.63, 3.8) is 0 Å². The second-order valence-electron chi connectivity index (χ2n) is 6.29. The number of carbonyl (C=O) groups is 1. The van der Waals surface area contributed by atoms with E-state index >= 15 is 0 Å². The highest BCUT2D eigenvalue weighted by Gasteiger charge is 2.21. The minimum Gasteiger partial charge on any atom is -0.478 e. The first-order valence-corrected chi connectivity index (χ1v) is 9.57. The quantitative estimate of drug-likeness (QED) is 0.170. The zero-order valence-corrected chi connectivity index (χ0v) is 15.5. The van der Waals surface area contributed by atoms with Gasteiger partial charge in [0.25, 0.3) is 0 Å². The summed E-state index contributed by atoms with van der Waals surface area (Å²) < 4.78 is 5.32. The van der Waals surface area contributed by atoms with Crippen molar-refractivity contribution in [3.05, 3.63) is 60.1 Å². The van der Waals surface area contributed by atoms with Gasteiger partial charge in [0.15, 0.2) is 11.5 Å². The van der Waals surface area contributed by atoms with Crippen molar-refractivity contribution in [1.29, 1.82) is 0 Å². The second kappa shape index (κ2) is 14.3. The molecule has 1 aliphatic heterocycles. The first kappa shape index (κ1) is 21.0. The summed E-state index contributed by atoms with van der Waals surface area (Å²) in [4.78, 5) is 10.3. The number of epoxide rings is 1. The van der Waals surface area contributed by atoms with Crippen molar-refractivity contribution >= 4 is 5.97 Å². The van der Waals surface area contributed by atoms with E-state index in [1.807, 2.05) is 12.2 Å². The smallest absolute Gasteiger partial charge is 0.328 e. The van der Waals surface area contributed by atoms with Gasteiger partial charge >= 0.3 is 5.97 Å². The molecule has 0 amide bonds. The highest BCUT2D eigenvalue weighted by Crippen LogP contribution is 2.31. The number of aliphatic carboxylic acids is 1. The van der Waals surface area contributed by atoms with Gasteiger partial charge < -0.3 is 9.84 Å². The van der Waals surface area contributed by atoms with Crippen LogP contribution in [-0.2, 0) is 9.53 Å². The Morgan fingerprint density at radius 1 is 0.840 bits per heavy atom. The lowest BCUT2D eigenvalue weighted by atomic mass is 10.1. The Kier molecular flexibility index (Phi) is 12.0. The average Bonchev–Trinajstić information content (AvgIpc) is 3.33. The zero-order valence-electron chi connectivity index (χ0n) is 15.5. The van der Waals surface area contributed by atoms with E-state index in [-0.39, 0.29) is 0 Å². The Balaban J connectivity index is 1.99. The van der Waals surface area contributed by atoms with Gasteiger partial charge in [0.05, 0.1) is 0 Å². The fourth-order valence-corrected chi connectivity index (χ4v) is 2.49. The lowest BCUT2D eigenvalue weighted by molar-refractivity contribution is -0.131. The molecule has 138 valence electrons. The molecule has 0 saturated carbocycles. The van der Waals surface area contributed by atoms with Crippen LogP contribution in [0.3, 0.4) is 0 Å². The molecule has 0 spiro atoms. The molecule has 3 nitrogen and oxygen atoms in total. The Labute approximate surface area is 152 Å². The van der Waals surface area contributed by atoms with Crippen LogP contribution in [0.15, 0.2) is 60.1 Å². The van der Waals surface area contributed by atoms with Crippen LogP contribution in [0.4, 0.5) is 0 Å². The molecule has 1 saturated heterocycles. The topological polar surface area (TPSA) is 49.8 Å². The number of rotatable bonds is 14. The molecular formula is C22H32O3. The fourth-order valence-electron chi connectivity index (χ4n) is 2.49. The van der Waals surface area contributed by atoms with Crippen LogP contribution < -0.4 is 0 Å². The number of unbranched alkanes of at least 4 members (excludes halogenated alkanes) is 9. The molecule has 1 heterocycles. The van der Waals surface area contributed by atoms with Gasteiger partial charge in [-0.25, -0.2) is 4.79 Å². The van der Waals surface area contributed by atoms with Crippen LogP contribution in [0.5, 0.6) is 0 Å². The Bertz CT molecular complexity index is 521. The van der Waals surface area contributed by atoms with Crippen molar-refractivity contribution in [2.24, 2.45) is 0 Å². The molecule has 0 radical (unpaired) electrons. The summed E-state index contributed by atoms with van der Waals surface area (Å²) in [6, 6.07) is 0. The van der Waals surface area contributed by atoms with E-state index in [1.165, 1.54) is 63.9 Å². The van der Waals surface area contributed by atoms with Gasteiger partial charge in [-0.3, -0.25) is 0 Å². The third-order valence-electron chi connectivity index (χ3n) is 3.99. The monoisotopic (exact) mass is 344 g/mol. The summed E-state index contributed by atoms with van der Waals surface area (Å²) in [6.07, 6.45) is 27.4. The molecular weight excluding hydrogens is 312 g/mol. The van der Waals surface area contributed by atoms with Crippen molar-refractivity contribution < 1.29 is 14.6 Å². The molecule has 25 heavy (non-hydrogen) atoms. The standard InChI is InChI=1S/C22H32O3/c1-2-3-4-5-6-7-8-9-10-11-12-14-17-20-21(25-20)18-15-13-16-19-22(23)24/h12-19H,2-11H2,1H3,(H,23,24). The molecule has 3 heteroatoms. The van der Waals surface area contributed by atoms with E-state index in [9.17, 15) is 4.79 Å². The van der Waals surface area contributed by atoms with Crippen LogP contribution in [0.25, 0.3) is 0 Å². The highest BCUT2D eigenvalue weighted by atomic mass is 16.6. The van der Waals surface area contributed by atoms with E-state index in [0.29, 0.717) is 0 Å². The van der Waals surface area contributed by atoms with Crippen LogP contribution in [0.2, 0.25) is 0 Å². The molecule has 0 aromatic rings. The van der Waals surface area contributed by atoms with E-state index in [2.05, 4.69) is 19.1 Å². The van der Waals surface area contributed by atoms with Gasteiger partial charge in [-0.15, -0.1) is 0 Å². The van der Waals surface area contributed by atoms with Crippen LogP contribution in [0.1, 0.15) is 71.1 Å². The highest BCUT2D eigenvalue weighted by molar-refractivity contribution is 5.80. The summed E-state index contributed by atoms with van der Waals surface area (Å²) in [7, 11) is 0. The summed E-state index contributed by atoms with van der Waals surface area (Å²) in [5.41, 5.74) is 0. The molecule has 1 fully saturated rings. The van der Waals surface area contributed by atoms with E-state index < -0.39 is 5.97 Å². The summed E-state index contributed by atoms with van der Waals surface area (Å²) in [6.45, 7) is 2.26. The van der Waals surface area contributed by atoms with Gasteiger partial charge in [-0.1, -0.05) is 88.7 Å². The van der Waals surface area contributed by atoms with Crippen LogP contribution in [-0.4, -0.2) is 11.1 Å². The number of allylic oxidation sites excluding steroid dienone is 7. The molecule has 1 N–H and O–H groups in total. The average molecular weight is 344 g/mol. The van der Waals surface area contributed by atoms with Crippen LogP contribution in [0, 0.1) is 0 Å². The molecule has 1 rings (SSSR count). The molecule has 0 aromatic carbocycles. The van der Waals surface area contributed by atoms with Crippen molar-refractivity contribution in [2.45, 2.75) is 71.1 Å². The van der Waals surface area contributed by atoms with Crippen molar-refractivity contribution in [1.82, 2.24) is 0 Å². The number of ether oxygens (including phenoxy) is 1. The van der Waals surface area contributed by atoms with Gasteiger partial charge in [0.2, 0.25) is 0 Å². The summed E-state index contributed by atoms with van der Waals surface area (Å²) in [5.74, 6) is 0.778. The van der Waals surface area contributed by atoms with Crippen molar-refractivity contribution in [2.75, 3.05) is 0 Å². The molecule has 1 aliphatic rings. The maximum atomic E-state index is 10.3. The largest absolute Gasteiger partial charge is 0.478 e. The van der Waals surface area contributed by atoms with E-state index in [0.717, 1.165) is 24.0 Å². The molecule has 0 atom stereocenters. The predicted molar refractivity (Wildman–Crippen MR) is 104 cm³/mol. The third kappa shape index (κ3) is 13.0. The molecule has 0 aromatic heterocycles. The first-order valence-electron chi connectivity index (χ1n) is 9.57. The Morgan fingerprint density at radius 2 is 1.44 bits per heavy atom. The normalized spacial score (nSPS) is 17.3. The SMILES string of the molecule is CCCCCCCCCCCC=CC=C1OC1=CC=CC=CC(=O)O. The predicted octanol–water partition coefficient (Wildman–Crippen LogP) is 6.46. The molecule has 0 unspecified atom stereocenters. The fraction of sp³-hybridized carbons (Fsp3) is 0.500. The number of hydrogen-bond donors (Lipinski definition) is 1. The second-order valence-corrected chi connectivity index (χ2v) is 6.29. The third-order valence-corrected chi connectivity index (χ3v) is 3.99. The molecule has 0 bridgehead atoms. The molecule has 0 aliphatic carbocycles. The first-order chi connectivity index (χ1) is 12.2. The maximum absolute atomic E-state index is 10.3. The Morgan fingerprint density at radius 3 is 2.08 bits per heavy atom. The minimum absolute atomic E-state index is 0.840. The van der Waals surface area contributed by atoms with Crippen LogP contribution >= 0.6 is 0 Å². The van der Waals surface area contributed by atoms with Gasteiger partial charge in [-0.05, 0) is 25.0 Å². The lowest BCUT2D eigenvalue weighted by Gasteiger charge is -2.00. The number of carboxylic acids is 1. The maximum Gasteiger partial charge on any atom is 0.328 e. The number of hydrogen-bond acceptors (Lipinski definition) is 2. The van der Waals surface area contributed by atoms with Gasteiger partial charge in [0.1, 0.15) is 0 Å². The lowest BCUT2D eigenvalue weighted by Crippen LogP contribution is -1.84. The summed E-state index contributed by atoms with van der Waals surface area (Å²) in [5, 5.41) is 8.44. The van der Waals surface area contributed by atoms with E-state index in [1.54, 1.807) is 12.2 Å². The van der Waals surface area contributed by atoms with Crippen molar-refractivity contribution in [3.8, 4) is 0 Å². The van der Waals surface area contributed by atoms with E-state index in [4.69, 9.17) is 9.84 Å². The number of carboxylic acid groups (broad SMARTS) is 1. The Hall–Kier alpha value is -2.03. The van der Waals surface area contributed by atoms with Gasteiger partial charge in [-0.2, -0.15) is 0 Å². The van der Waals surface area contributed by atoms with Gasteiger partial charge in [0, 0.05) is 6.08 Å².